The maximum absolute atomic E-state index is 13.3. The molecule has 0 radical (unpaired) electrons. The zero-order valence-corrected chi connectivity index (χ0v) is 74.7. The lowest BCUT2D eigenvalue weighted by molar-refractivity contribution is -0.193. The fourth-order valence-electron chi connectivity index (χ4n) is 14.9. The zero-order chi connectivity index (χ0) is 98.7. The number of carbonyl (C=O) groups excluding carboxylic acids is 11. The number of fused-ring (bicyclic) bond motifs is 4. The molecule has 25 heteroatoms. The Balaban J connectivity index is 0.000000161. The number of carboxylic acid groups (broad SMARTS) is 2. The van der Waals surface area contributed by atoms with Crippen LogP contribution in [0.4, 0.5) is 5.69 Å². The van der Waals surface area contributed by atoms with E-state index in [4.69, 9.17) is 59.2 Å². The van der Waals surface area contributed by atoms with Gasteiger partial charge in [0.1, 0.15) is 22.3 Å². The molecule has 3 aromatic heterocycles. The second kappa shape index (κ2) is 49.1. The number of para-hydroxylation sites is 2. The second-order valence-corrected chi connectivity index (χ2v) is 30.9. The van der Waals surface area contributed by atoms with Gasteiger partial charge in [-0.15, -0.1) is 0 Å². The first-order chi connectivity index (χ1) is 66.9. The number of nitrogens with zero attached hydrogens (tertiary/aromatic N) is 4. The van der Waals surface area contributed by atoms with E-state index in [1.165, 1.54) is 52.3 Å². The normalized spacial score (nSPS) is 11.1. The molecule has 0 atom stereocenters. The van der Waals surface area contributed by atoms with Gasteiger partial charge in [-0.1, -0.05) is 210 Å². The molecule has 25 nitrogen and oxygen atoms in total. The summed E-state index contributed by atoms with van der Waals surface area (Å²) in [5.41, 5.74) is 13.4. The molecule has 2 aliphatic heterocycles. The highest BCUT2D eigenvalue weighted by Crippen LogP contribution is 2.39. The summed E-state index contributed by atoms with van der Waals surface area (Å²) in [5.74, 6) is -2.59. The van der Waals surface area contributed by atoms with Crippen molar-refractivity contribution < 1.29 is 90.5 Å². The molecule has 684 valence electrons. The standard InChI is InChI=1S/C29H32N2O6.C25H19O.C15H8N2O.C14H8O4.C14H10O3.C14H10O2.2CO2/c1-3-5-6-9-16-30-26(33)19-12-14-21-25-22(15-13-20(24(19)25)27(30)34)29(36)31(28(21)35)17-10-7-8-11-18-37-23(32)4-2;1-2-19-13-15-20(16-14-19)23-17-24(21-9-5-3-6-10-21)26-25(18-23)22-11-7-4-8-12-22;1-17-14-8-6-13(7-9-14)15(18)12-4-2-11(10-16)3-5-12;15-13-9-3-1-2-4-11(9)18-12-7-8(14(16)17)5-6-10(12)13;15-13(10-4-2-1-3-5-10)11-6-8-12(9-7-11)14(16)17;1-9-6-7-11-13(8-9)16-12-5-3-2-4-10(12)14(11)15;2*2-1-3/h4,12-15H,2-3,5-11,16-18H2,1H3;2-18H,1H2;2-9H;1-7H,(H,16,17);1-9H,(H,16,17);2-8H,1H3;;/q;+1;;;;;;. The lowest BCUT2D eigenvalue weighted by Gasteiger charge is -2.32. The number of benzene rings is 13. The molecule has 2 aliphatic rings. The van der Waals surface area contributed by atoms with Crippen molar-refractivity contribution in [1.29, 1.82) is 5.26 Å². The fraction of sp³-hybridized carbons (Fsp3) is 0.115. The van der Waals surface area contributed by atoms with E-state index < -0.39 is 29.7 Å². The van der Waals surface area contributed by atoms with Gasteiger partial charge in [-0.2, -0.15) is 24.4 Å². The number of hydrogen-bond acceptors (Lipinski definition) is 19. The summed E-state index contributed by atoms with van der Waals surface area (Å²) >= 11 is 0. The third kappa shape index (κ3) is 25.2. The van der Waals surface area contributed by atoms with Crippen LogP contribution in [-0.4, -0.2) is 105 Å². The number of rotatable bonds is 23. The minimum absolute atomic E-state index is 0.0388. The van der Waals surface area contributed by atoms with Gasteiger partial charge in [0.15, 0.2) is 17.3 Å². The van der Waals surface area contributed by atoms with Crippen LogP contribution in [0.3, 0.4) is 0 Å². The molecule has 0 saturated heterocycles. The third-order valence-corrected chi connectivity index (χ3v) is 21.9. The Hall–Kier alpha value is -18.5. The van der Waals surface area contributed by atoms with Gasteiger partial charge in [0.05, 0.1) is 80.7 Å². The Morgan fingerprint density at radius 2 is 0.804 bits per heavy atom. The molecular formula is C113H87N4O21+. The van der Waals surface area contributed by atoms with Crippen molar-refractivity contribution in [1.82, 2.24) is 9.80 Å². The molecule has 16 aromatic rings. The first-order valence-electron chi connectivity index (χ1n) is 43.4. The molecule has 2 N–H and O–H groups in total. The molecule has 5 heterocycles. The Kier molecular flexibility index (Phi) is 35.6. The number of nitriles is 1. The highest BCUT2D eigenvalue weighted by Gasteiger charge is 2.40. The SMILES string of the molecule is C=CC(=O)OCCCCCCN1C(=O)c2ccc3c4c(ccc(c24)C1=O)C(=O)N(CCCCCC)C3=O.C=Cc1ccc(-c2cc(-c3ccccc3)[o+]c(-c3ccccc3)c2)cc1.Cc1ccc2c(=O)c3ccccc3oc2c1.O=C(O)c1ccc(C(=O)c2ccccc2)cc1.O=C(O)c1ccc2c(=O)c3ccccc3oc2c1.O=C=O.O=C=O.[C-]#[N+]c1ccc(C(=O)c2ccc(C#N)cc2)cc1. The minimum atomic E-state index is -1.05. The summed E-state index contributed by atoms with van der Waals surface area (Å²) in [6.45, 7) is 19.0. The monoisotopic (exact) mass is 1840 g/mol. The van der Waals surface area contributed by atoms with Crippen molar-refractivity contribution in [3.63, 3.8) is 0 Å². The Bertz CT molecular complexity index is 7340. The van der Waals surface area contributed by atoms with E-state index in [1.807, 2.05) is 97.9 Å². The fourth-order valence-corrected chi connectivity index (χ4v) is 14.9. The van der Waals surface area contributed by atoms with Crippen molar-refractivity contribution in [2.24, 2.45) is 0 Å². The summed E-state index contributed by atoms with van der Waals surface area (Å²) in [7, 11) is 0. The number of hydrogen-bond donors (Lipinski definition) is 2. The predicted molar refractivity (Wildman–Crippen MR) is 520 cm³/mol. The Morgan fingerprint density at radius 3 is 1.24 bits per heavy atom. The van der Waals surface area contributed by atoms with E-state index in [0.29, 0.717) is 136 Å². The molecular weight excluding hydrogens is 1750 g/mol. The lowest BCUT2D eigenvalue weighted by Crippen LogP contribution is -2.43. The van der Waals surface area contributed by atoms with Crippen LogP contribution >= 0.6 is 0 Å². The predicted octanol–water partition coefficient (Wildman–Crippen LogP) is 22.8. The quantitative estimate of drug-likeness (QED) is 0.00877. The molecule has 0 fully saturated rings. The summed E-state index contributed by atoms with van der Waals surface area (Å²) < 4.78 is 22.5. The van der Waals surface area contributed by atoms with Crippen molar-refractivity contribution >= 4 is 132 Å². The largest absolute Gasteiger partial charge is 0.478 e. The first kappa shape index (κ1) is 100. The van der Waals surface area contributed by atoms with Crippen LogP contribution in [0.1, 0.15) is 169 Å². The summed E-state index contributed by atoms with van der Waals surface area (Å²) in [6.07, 6.45) is 10.1. The van der Waals surface area contributed by atoms with E-state index in [9.17, 15) is 52.7 Å². The Labute approximate surface area is 790 Å². The zero-order valence-electron chi connectivity index (χ0n) is 74.7. The number of esters is 1. The number of unbranched alkanes of at least 4 members (excludes halogenated alkanes) is 6. The van der Waals surface area contributed by atoms with Crippen LogP contribution < -0.4 is 10.9 Å². The molecule has 0 unspecified atom stereocenters. The number of carboxylic acids is 2. The second-order valence-electron chi connectivity index (χ2n) is 30.9. The van der Waals surface area contributed by atoms with E-state index >= 15 is 0 Å². The highest BCUT2D eigenvalue weighted by atomic mass is 16.5. The van der Waals surface area contributed by atoms with E-state index in [1.54, 1.807) is 127 Å². The van der Waals surface area contributed by atoms with Crippen LogP contribution in [0.2, 0.25) is 0 Å². The molecule has 13 aromatic carbocycles. The van der Waals surface area contributed by atoms with Crippen LogP contribution in [0.25, 0.3) is 99.3 Å². The number of ether oxygens (including phenoxy) is 1. The van der Waals surface area contributed by atoms with Crippen molar-refractivity contribution in [3.05, 3.63) is 433 Å². The average molecular weight is 1840 g/mol. The van der Waals surface area contributed by atoms with Crippen LogP contribution in [0.5, 0.6) is 0 Å². The minimum Gasteiger partial charge on any atom is -0.478 e. The van der Waals surface area contributed by atoms with Gasteiger partial charge in [-0.3, -0.25) is 48.2 Å². The molecule has 0 spiro atoms. The van der Waals surface area contributed by atoms with Gasteiger partial charge < -0.3 is 23.8 Å². The molecule has 0 bridgehead atoms. The first-order valence-corrected chi connectivity index (χ1v) is 43.4. The smallest absolute Gasteiger partial charge is 0.373 e. The van der Waals surface area contributed by atoms with Gasteiger partial charge in [0.25, 0.3) is 23.6 Å². The molecule has 0 aliphatic carbocycles. The van der Waals surface area contributed by atoms with E-state index in [2.05, 4.69) is 85.6 Å². The van der Waals surface area contributed by atoms with Crippen LogP contribution in [0.15, 0.2) is 351 Å². The summed E-state index contributed by atoms with van der Waals surface area (Å²) in [5, 5.41) is 29.3. The van der Waals surface area contributed by atoms with Crippen LogP contribution in [-0.2, 0) is 28.7 Å². The number of imide groups is 2. The maximum Gasteiger partial charge on any atom is 0.373 e. The van der Waals surface area contributed by atoms with Crippen molar-refractivity contribution in [3.8, 4) is 39.8 Å². The van der Waals surface area contributed by atoms with Crippen LogP contribution in [0, 0.1) is 24.8 Å². The highest BCUT2D eigenvalue weighted by molar-refractivity contribution is 6.33. The number of amides is 4. The van der Waals surface area contributed by atoms with Gasteiger partial charge in [0.2, 0.25) is 10.9 Å². The summed E-state index contributed by atoms with van der Waals surface area (Å²) in [4.78, 5) is 172. The third-order valence-electron chi connectivity index (χ3n) is 21.9. The van der Waals surface area contributed by atoms with Gasteiger partial charge in [0, 0.05) is 80.0 Å². The summed E-state index contributed by atoms with van der Waals surface area (Å²) in [6, 6.07) is 93.3. The van der Waals surface area contributed by atoms with E-state index in [0.717, 1.165) is 89.5 Å². The van der Waals surface area contributed by atoms with Gasteiger partial charge in [-0.25, -0.2) is 23.6 Å². The van der Waals surface area contributed by atoms with Crippen molar-refractivity contribution in [2.45, 2.75) is 65.2 Å². The van der Waals surface area contributed by atoms with E-state index in [-0.39, 0.29) is 64.2 Å². The average Bonchev–Trinajstić information content (AvgIpc) is 0.709. The molecule has 0 saturated carbocycles. The molecule has 138 heavy (non-hydrogen) atoms. The number of carbonyl (C=O) groups is 9. The van der Waals surface area contributed by atoms with Gasteiger partial charge >= 0.3 is 41.7 Å². The van der Waals surface area contributed by atoms with Gasteiger partial charge in [-0.05, 0) is 189 Å². The number of aryl methyl sites for hydroxylation is 1. The molecule has 18 rings (SSSR count). The molecule has 4 amide bonds. The lowest BCUT2D eigenvalue weighted by atomic mass is 9.86. The Morgan fingerprint density at radius 1 is 0.420 bits per heavy atom. The topological polar surface area (TPSA) is 378 Å². The number of ketones is 2. The van der Waals surface area contributed by atoms with Crippen molar-refractivity contribution in [2.75, 3.05) is 19.7 Å². The number of aromatic carboxylic acids is 2. The maximum atomic E-state index is 13.3.